The first kappa shape index (κ1) is 17.7. The van der Waals surface area contributed by atoms with Crippen molar-refractivity contribution in [3.63, 3.8) is 0 Å². The van der Waals surface area contributed by atoms with Crippen molar-refractivity contribution in [1.29, 1.82) is 0 Å². The van der Waals surface area contributed by atoms with Crippen LogP contribution in [0, 0.1) is 0 Å². The first-order valence-corrected chi connectivity index (χ1v) is 7.84. The van der Waals surface area contributed by atoms with Gasteiger partial charge in [0, 0.05) is 24.7 Å². The van der Waals surface area contributed by atoms with E-state index >= 15 is 0 Å². The van der Waals surface area contributed by atoms with Crippen LogP contribution in [0.1, 0.15) is 28.9 Å². The lowest BCUT2D eigenvalue weighted by atomic mass is 10.1. The third-order valence-corrected chi connectivity index (χ3v) is 3.50. The van der Waals surface area contributed by atoms with E-state index in [1.54, 1.807) is 24.3 Å². The SMILES string of the molecule is CC(=O)Nc1cccc(C(=O)N[C@@H](CN(C)C)c2ccccc2)c1. The molecule has 0 aromatic heterocycles. The van der Waals surface area contributed by atoms with Gasteiger partial charge in [-0.3, -0.25) is 9.59 Å². The molecule has 24 heavy (non-hydrogen) atoms. The lowest BCUT2D eigenvalue weighted by Gasteiger charge is -2.23. The third kappa shape index (κ3) is 5.21. The summed E-state index contributed by atoms with van der Waals surface area (Å²) < 4.78 is 0. The standard InChI is InChI=1S/C19H23N3O2/c1-14(23)20-17-11-7-10-16(12-17)19(24)21-18(13-22(2)3)15-8-5-4-6-9-15/h4-12,18H,13H2,1-3H3,(H,20,23)(H,21,24)/t18-/m0/s1. The summed E-state index contributed by atoms with van der Waals surface area (Å²) >= 11 is 0. The quantitative estimate of drug-likeness (QED) is 0.858. The Bertz CT molecular complexity index is 699. The molecule has 0 heterocycles. The highest BCUT2D eigenvalue weighted by Crippen LogP contribution is 2.16. The summed E-state index contributed by atoms with van der Waals surface area (Å²) in [5.74, 6) is -0.333. The van der Waals surface area contributed by atoms with E-state index in [1.807, 2.05) is 49.3 Å². The van der Waals surface area contributed by atoms with Gasteiger partial charge in [-0.15, -0.1) is 0 Å². The first-order valence-electron chi connectivity index (χ1n) is 7.84. The summed E-state index contributed by atoms with van der Waals surface area (Å²) in [6.45, 7) is 2.14. The molecule has 0 fully saturated rings. The van der Waals surface area contributed by atoms with Gasteiger partial charge < -0.3 is 15.5 Å². The van der Waals surface area contributed by atoms with Gasteiger partial charge in [-0.05, 0) is 37.9 Å². The molecule has 0 aliphatic carbocycles. The summed E-state index contributed by atoms with van der Waals surface area (Å²) in [6, 6.07) is 16.7. The van der Waals surface area contributed by atoms with Crippen LogP contribution in [0.3, 0.4) is 0 Å². The minimum atomic E-state index is -0.169. The van der Waals surface area contributed by atoms with Crippen molar-refractivity contribution in [3.8, 4) is 0 Å². The number of carbonyl (C=O) groups excluding carboxylic acids is 2. The molecule has 0 saturated heterocycles. The Labute approximate surface area is 142 Å². The van der Waals surface area contributed by atoms with Crippen molar-refractivity contribution in [2.75, 3.05) is 26.0 Å². The van der Waals surface area contributed by atoms with E-state index in [2.05, 4.69) is 10.6 Å². The van der Waals surface area contributed by atoms with Gasteiger partial charge in [-0.2, -0.15) is 0 Å². The summed E-state index contributed by atoms with van der Waals surface area (Å²) in [5.41, 5.74) is 2.18. The van der Waals surface area contributed by atoms with Crippen LogP contribution >= 0.6 is 0 Å². The van der Waals surface area contributed by atoms with Crippen LogP contribution in [-0.2, 0) is 4.79 Å². The van der Waals surface area contributed by atoms with Crippen LogP contribution in [0.15, 0.2) is 54.6 Å². The van der Waals surface area contributed by atoms with E-state index in [0.29, 0.717) is 17.8 Å². The highest BCUT2D eigenvalue weighted by Gasteiger charge is 2.16. The van der Waals surface area contributed by atoms with Crippen molar-refractivity contribution in [2.45, 2.75) is 13.0 Å². The van der Waals surface area contributed by atoms with Gasteiger partial charge in [-0.25, -0.2) is 0 Å². The van der Waals surface area contributed by atoms with Crippen LogP contribution in [0.4, 0.5) is 5.69 Å². The lowest BCUT2D eigenvalue weighted by Crippen LogP contribution is -2.35. The number of amides is 2. The van der Waals surface area contributed by atoms with E-state index in [4.69, 9.17) is 0 Å². The molecule has 2 amide bonds. The molecule has 1 atom stereocenters. The van der Waals surface area contributed by atoms with Crippen molar-refractivity contribution in [2.24, 2.45) is 0 Å². The van der Waals surface area contributed by atoms with E-state index in [1.165, 1.54) is 6.92 Å². The van der Waals surface area contributed by atoms with Gasteiger partial charge >= 0.3 is 0 Å². The molecule has 0 aliphatic rings. The van der Waals surface area contributed by atoms with Gasteiger partial charge in [0.2, 0.25) is 5.91 Å². The molecule has 0 bridgehead atoms. The number of rotatable bonds is 6. The van der Waals surface area contributed by atoms with Crippen LogP contribution in [0.5, 0.6) is 0 Å². The molecule has 5 nitrogen and oxygen atoms in total. The Morgan fingerprint density at radius 2 is 1.75 bits per heavy atom. The van der Waals surface area contributed by atoms with Crippen molar-refractivity contribution in [1.82, 2.24) is 10.2 Å². The maximum absolute atomic E-state index is 12.6. The highest BCUT2D eigenvalue weighted by molar-refractivity contribution is 5.97. The maximum atomic E-state index is 12.6. The normalized spacial score (nSPS) is 11.8. The topological polar surface area (TPSA) is 61.4 Å². The molecule has 2 N–H and O–H groups in total. The number of benzene rings is 2. The van der Waals surface area contributed by atoms with Gasteiger partial charge in [-0.1, -0.05) is 36.4 Å². The summed E-state index contributed by atoms with van der Waals surface area (Å²) in [6.07, 6.45) is 0. The number of carbonyl (C=O) groups is 2. The third-order valence-electron chi connectivity index (χ3n) is 3.50. The minimum absolute atomic E-state index is 0.113. The fourth-order valence-electron chi connectivity index (χ4n) is 2.47. The number of anilines is 1. The first-order chi connectivity index (χ1) is 11.5. The van der Waals surface area contributed by atoms with Crippen molar-refractivity contribution >= 4 is 17.5 Å². The molecule has 126 valence electrons. The molecule has 5 heteroatoms. The molecular formula is C19H23N3O2. The van der Waals surface area contributed by atoms with Crippen LogP contribution in [0.25, 0.3) is 0 Å². The molecular weight excluding hydrogens is 302 g/mol. The number of hydrogen-bond donors (Lipinski definition) is 2. The minimum Gasteiger partial charge on any atom is -0.344 e. The van der Waals surface area contributed by atoms with Gasteiger partial charge in [0.15, 0.2) is 0 Å². The Morgan fingerprint density at radius 1 is 1.04 bits per heavy atom. The molecule has 0 spiro atoms. The molecule has 2 aromatic carbocycles. The van der Waals surface area contributed by atoms with E-state index in [-0.39, 0.29) is 17.9 Å². The molecule has 0 radical (unpaired) electrons. The molecule has 2 rings (SSSR count). The summed E-state index contributed by atoms with van der Waals surface area (Å²) in [4.78, 5) is 25.8. The zero-order chi connectivity index (χ0) is 17.5. The Morgan fingerprint density at radius 3 is 2.38 bits per heavy atom. The second kappa shape index (κ2) is 8.26. The summed E-state index contributed by atoms with van der Waals surface area (Å²) in [5, 5.41) is 5.76. The monoisotopic (exact) mass is 325 g/mol. The van der Waals surface area contributed by atoms with Gasteiger partial charge in [0.1, 0.15) is 0 Å². The molecule has 2 aromatic rings. The summed E-state index contributed by atoms with van der Waals surface area (Å²) in [7, 11) is 3.94. The number of likely N-dealkylation sites (N-methyl/N-ethyl adjacent to an activating group) is 1. The van der Waals surface area contributed by atoms with Crippen LogP contribution in [-0.4, -0.2) is 37.4 Å². The average Bonchev–Trinajstić information content (AvgIpc) is 2.54. The Kier molecular flexibility index (Phi) is 6.09. The lowest BCUT2D eigenvalue weighted by molar-refractivity contribution is -0.114. The van der Waals surface area contributed by atoms with Crippen LogP contribution < -0.4 is 10.6 Å². The molecule has 0 unspecified atom stereocenters. The second-order valence-electron chi connectivity index (χ2n) is 5.96. The smallest absolute Gasteiger partial charge is 0.251 e. The largest absolute Gasteiger partial charge is 0.344 e. The highest BCUT2D eigenvalue weighted by atomic mass is 16.2. The number of hydrogen-bond acceptors (Lipinski definition) is 3. The maximum Gasteiger partial charge on any atom is 0.251 e. The fraction of sp³-hybridized carbons (Fsp3) is 0.263. The van der Waals surface area contributed by atoms with Crippen LogP contribution in [0.2, 0.25) is 0 Å². The Hall–Kier alpha value is -2.66. The van der Waals surface area contributed by atoms with E-state index < -0.39 is 0 Å². The number of nitrogens with one attached hydrogen (secondary N) is 2. The van der Waals surface area contributed by atoms with Gasteiger partial charge in [0.05, 0.1) is 6.04 Å². The zero-order valence-corrected chi connectivity index (χ0v) is 14.2. The molecule has 0 aliphatic heterocycles. The molecule has 0 saturated carbocycles. The average molecular weight is 325 g/mol. The Balaban J connectivity index is 2.17. The fourth-order valence-corrected chi connectivity index (χ4v) is 2.47. The predicted octanol–water partition coefficient (Wildman–Crippen LogP) is 2.68. The van der Waals surface area contributed by atoms with E-state index in [9.17, 15) is 9.59 Å². The van der Waals surface area contributed by atoms with Gasteiger partial charge in [0.25, 0.3) is 5.91 Å². The van der Waals surface area contributed by atoms with Crippen molar-refractivity contribution < 1.29 is 9.59 Å². The second-order valence-corrected chi connectivity index (χ2v) is 5.96. The van der Waals surface area contributed by atoms with Crippen molar-refractivity contribution in [3.05, 3.63) is 65.7 Å². The number of nitrogens with zero attached hydrogens (tertiary/aromatic N) is 1. The zero-order valence-electron chi connectivity index (χ0n) is 14.2. The predicted molar refractivity (Wildman–Crippen MR) is 95.9 cm³/mol. The van der Waals surface area contributed by atoms with E-state index in [0.717, 1.165) is 5.56 Å².